The Hall–Kier alpha value is -1.27. The van der Waals surface area contributed by atoms with E-state index in [1.807, 2.05) is 6.08 Å². The molecule has 0 aromatic heterocycles. The quantitative estimate of drug-likeness (QED) is 0.0204. The fraction of sp³-hybridized carbons (Fsp3) is 0.957. The minimum atomic E-state index is -1.78. The van der Waals surface area contributed by atoms with Gasteiger partial charge < -0.3 is 65.1 Å². The molecule has 2 aliphatic rings. The van der Waals surface area contributed by atoms with Crippen LogP contribution in [-0.2, 0) is 23.7 Å². The third-order valence-corrected chi connectivity index (χ3v) is 17.7. The number of nitrogens with one attached hydrogen (secondary N) is 1. The summed E-state index contributed by atoms with van der Waals surface area (Å²) in [4.78, 5) is 13.2. The van der Waals surface area contributed by atoms with Crippen LogP contribution in [0.2, 0.25) is 0 Å². The van der Waals surface area contributed by atoms with Crippen LogP contribution < -0.4 is 5.32 Å². The summed E-state index contributed by atoms with van der Waals surface area (Å²) in [5.74, 6) is -0.236. The summed E-state index contributed by atoms with van der Waals surface area (Å²) in [7, 11) is 0. The van der Waals surface area contributed by atoms with Gasteiger partial charge in [0.05, 0.1) is 32.0 Å². The molecule has 14 heteroatoms. The highest BCUT2D eigenvalue weighted by atomic mass is 16.7. The lowest BCUT2D eigenvalue weighted by atomic mass is 9.97. The van der Waals surface area contributed by atoms with E-state index in [2.05, 4.69) is 19.2 Å². The fourth-order valence-electron chi connectivity index (χ4n) is 12.1. The van der Waals surface area contributed by atoms with Crippen LogP contribution in [0.25, 0.3) is 0 Å². The molecule has 0 radical (unpaired) electrons. The van der Waals surface area contributed by atoms with Gasteiger partial charge in [-0.2, -0.15) is 0 Å². The van der Waals surface area contributed by atoms with Crippen molar-refractivity contribution in [3.63, 3.8) is 0 Å². The van der Waals surface area contributed by atoms with Gasteiger partial charge in [0.1, 0.15) is 48.8 Å². The predicted molar refractivity (Wildman–Crippen MR) is 337 cm³/mol. The van der Waals surface area contributed by atoms with Crippen LogP contribution in [0.3, 0.4) is 0 Å². The molecular formula is C69H133NO13. The number of rotatable bonds is 59. The van der Waals surface area contributed by atoms with Crippen LogP contribution in [0.15, 0.2) is 12.2 Å². The van der Waals surface area contributed by atoms with E-state index in [0.717, 1.165) is 44.9 Å². The van der Waals surface area contributed by atoms with Crippen molar-refractivity contribution in [2.75, 3.05) is 19.8 Å². The molecule has 2 heterocycles. The first kappa shape index (κ1) is 77.8. The molecule has 2 fully saturated rings. The lowest BCUT2D eigenvalue weighted by Crippen LogP contribution is -2.65. The molecule has 1 amide bonds. The maximum absolute atomic E-state index is 13.2. The van der Waals surface area contributed by atoms with Crippen molar-refractivity contribution in [2.45, 2.75) is 402 Å². The van der Waals surface area contributed by atoms with Crippen LogP contribution in [0.5, 0.6) is 0 Å². The summed E-state index contributed by atoms with van der Waals surface area (Å²) in [5, 5.41) is 86.8. The minimum Gasteiger partial charge on any atom is -0.394 e. The van der Waals surface area contributed by atoms with Gasteiger partial charge in [0.25, 0.3) is 0 Å². The second-order valence-corrected chi connectivity index (χ2v) is 25.4. The number of carbonyl (C=O) groups is 1. The zero-order chi connectivity index (χ0) is 60.2. The van der Waals surface area contributed by atoms with Gasteiger partial charge in [-0.15, -0.1) is 0 Å². The Morgan fingerprint density at radius 1 is 0.422 bits per heavy atom. The Morgan fingerprint density at radius 2 is 0.747 bits per heavy atom. The number of aliphatic hydroxyl groups excluding tert-OH is 8. The molecule has 83 heavy (non-hydrogen) atoms. The smallest absolute Gasteiger partial charge is 0.220 e. The molecule has 2 rings (SSSR count). The first-order valence-corrected chi connectivity index (χ1v) is 35.4. The number of hydrogen-bond acceptors (Lipinski definition) is 13. The van der Waals surface area contributed by atoms with Crippen molar-refractivity contribution in [3.8, 4) is 0 Å². The van der Waals surface area contributed by atoms with Crippen LogP contribution in [-0.4, -0.2) is 140 Å². The molecule has 0 aromatic rings. The number of ether oxygens (including phenoxy) is 4. The molecule has 12 atom stereocenters. The Balaban J connectivity index is 1.46. The van der Waals surface area contributed by atoms with Crippen molar-refractivity contribution in [2.24, 2.45) is 0 Å². The summed E-state index contributed by atoms with van der Waals surface area (Å²) in [5.41, 5.74) is 0. The number of carbonyl (C=O) groups excluding carboxylic acids is 1. The summed E-state index contributed by atoms with van der Waals surface area (Å²) in [6.45, 7) is 2.78. The van der Waals surface area contributed by atoms with Crippen molar-refractivity contribution in [1.29, 1.82) is 0 Å². The highest BCUT2D eigenvalue weighted by molar-refractivity contribution is 5.76. The zero-order valence-corrected chi connectivity index (χ0v) is 53.5. The van der Waals surface area contributed by atoms with Gasteiger partial charge >= 0.3 is 0 Å². The number of hydrogen-bond donors (Lipinski definition) is 9. The second kappa shape index (κ2) is 54.8. The lowest BCUT2D eigenvalue weighted by Gasteiger charge is -2.46. The molecule has 9 N–H and O–H groups in total. The predicted octanol–water partition coefficient (Wildman–Crippen LogP) is 14.2. The highest BCUT2D eigenvalue weighted by Gasteiger charge is 2.51. The molecule has 2 aliphatic heterocycles. The Labute approximate surface area is 507 Å². The molecule has 14 nitrogen and oxygen atoms in total. The third-order valence-electron chi connectivity index (χ3n) is 17.7. The Morgan fingerprint density at radius 3 is 1.11 bits per heavy atom. The van der Waals surface area contributed by atoms with Crippen molar-refractivity contribution >= 4 is 5.91 Å². The summed E-state index contributed by atoms with van der Waals surface area (Å²) < 4.78 is 22.7. The van der Waals surface area contributed by atoms with Gasteiger partial charge in [-0.25, -0.2) is 0 Å². The Bertz CT molecular complexity index is 1440. The van der Waals surface area contributed by atoms with Crippen LogP contribution in [0.4, 0.5) is 0 Å². The minimum absolute atomic E-state index is 0.236. The first-order valence-electron chi connectivity index (χ1n) is 35.4. The lowest BCUT2D eigenvalue weighted by molar-refractivity contribution is -0.359. The fourth-order valence-corrected chi connectivity index (χ4v) is 12.1. The van der Waals surface area contributed by atoms with Gasteiger partial charge in [0.2, 0.25) is 5.91 Å². The standard InChI is InChI=1S/C69H133NO13/c1-3-5-7-9-11-13-14-15-16-17-18-19-20-21-22-23-24-25-26-27-28-29-30-31-32-33-34-35-36-37-38-39-40-41-42-43-44-45-47-49-51-53-61(74)70-57(58(73)52-50-48-46-12-10-8-6-4-2)56-80-68-66(79)64(77)67(60(55-72)82-68)83-69-65(78)63(76)62(75)59(54-71)81-69/h50,52,57-60,62-69,71-73,75-79H,3-49,51,53-56H2,1-2H3,(H,70,74)/b52-50+. The van der Waals surface area contributed by atoms with Crippen LogP contribution in [0, 0.1) is 0 Å². The van der Waals surface area contributed by atoms with E-state index in [9.17, 15) is 45.6 Å². The molecule has 492 valence electrons. The van der Waals surface area contributed by atoms with E-state index in [-0.39, 0.29) is 18.9 Å². The van der Waals surface area contributed by atoms with E-state index in [1.54, 1.807) is 6.08 Å². The second-order valence-electron chi connectivity index (χ2n) is 25.4. The summed E-state index contributed by atoms with van der Waals surface area (Å²) >= 11 is 0. The van der Waals surface area contributed by atoms with Crippen molar-refractivity contribution < 1.29 is 64.6 Å². The summed E-state index contributed by atoms with van der Waals surface area (Å²) in [6.07, 6.45) is 50.8. The maximum atomic E-state index is 13.2. The first-order chi connectivity index (χ1) is 40.6. The van der Waals surface area contributed by atoms with Crippen LogP contribution >= 0.6 is 0 Å². The zero-order valence-electron chi connectivity index (χ0n) is 53.5. The van der Waals surface area contributed by atoms with Gasteiger partial charge in [0, 0.05) is 6.42 Å². The SMILES string of the molecule is CCCCCCCC/C=C/C(O)C(COC1OC(CO)C(OC2OC(CO)C(O)C(O)C2O)C(O)C1O)NC(=O)CCCCCCCCCCCCCCCCCCCCCCCCCCCCCCCCCCCCCCCCCCC. The molecule has 12 unspecified atom stereocenters. The van der Waals surface area contributed by atoms with Crippen LogP contribution in [0.1, 0.15) is 328 Å². The molecule has 2 saturated heterocycles. The van der Waals surface area contributed by atoms with Gasteiger partial charge in [0.15, 0.2) is 12.6 Å². The maximum Gasteiger partial charge on any atom is 0.220 e. The molecule has 0 saturated carbocycles. The van der Waals surface area contributed by atoms with Crippen molar-refractivity contribution in [1.82, 2.24) is 5.32 Å². The monoisotopic (exact) mass is 1180 g/mol. The highest BCUT2D eigenvalue weighted by Crippen LogP contribution is 2.30. The topological polar surface area (TPSA) is 228 Å². The number of aliphatic hydroxyl groups is 8. The molecule has 0 aliphatic carbocycles. The largest absolute Gasteiger partial charge is 0.394 e. The van der Waals surface area contributed by atoms with E-state index < -0.39 is 86.8 Å². The Kier molecular flexibility index (Phi) is 51.4. The molecule has 0 spiro atoms. The van der Waals surface area contributed by atoms with E-state index >= 15 is 0 Å². The average molecular weight is 1180 g/mol. The number of unbranched alkanes of at least 4 members (excludes halogenated alkanes) is 46. The third kappa shape index (κ3) is 39.4. The molecule has 0 aromatic carbocycles. The molecular weight excluding hydrogens is 1050 g/mol. The number of allylic oxidation sites excluding steroid dienone is 1. The summed E-state index contributed by atoms with van der Waals surface area (Å²) in [6, 6.07) is -0.908. The van der Waals surface area contributed by atoms with Crippen molar-refractivity contribution in [3.05, 3.63) is 12.2 Å². The van der Waals surface area contributed by atoms with Gasteiger partial charge in [-0.3, -0.25) is 4.79 Å². The van der Waals surface area contributed by atoms with E-state index in [0.29, 0.717) is 6.42 Å². The van der Waals surface area contributed by atoms with Gasteiger partial charge in [-0.05, 0) is 19.3 Å². The average Bonchev–Trinajstić information content (AvgIpc) is 3.52. The molecule has 0 bridgehead atoms. The normalized spacial score (nSPS) is 23.8. The number of amides is 1. The van der Waals surface area contributed by atoms with E-state index in [1.165, 1.54) is 257 Å². The van der Waals surface area contributed by atoms with E-state index in [4.69, 9.17) is 18.9 Å². The van der Waals surface area contributed by atoms with Gasteiger partial charge in [-0.1, -0.05) is 315 Å².